The van der Waals surface area contributed by atoms with Crippen LogP contribution in [0.5, 0.6) is 0 Å². The molecule has 2 rings (SSSR count). The quantitative estimate of drug-likeness (QED) is 0.788. The molecule has 0 bridgehead atoms. The smallest absolute Gasteiger partial charge is 0.335 e. The summed E-state index contributed by atoms with van der Waals surface area (Å²) in [4.78, 5) is 24.8. The number of nitrogens with one attached hydrogen (secondary N) is 3. The largest absolute Gasteiger partial charge is 0.405 e. The summed E-state index contributed by atoms with van der Waals surface area (Å²) in [6.07, 6.45) is -3.45. The molecule has 0 spiro atoms. The van der Waals surface area contributed by atoms with Crippen molar-refractivity contribution in [1.82, 2.24) is 15.5 Å². The number of hydrogen-bond donors (Lipinski definition) is 3. The topological polar surface area (TPSA) is 73.5 Å². The van der Waals surface area contributed by atoms with Gasteiger partial charge in [-0.2, -0.15) is 13.2 Å². The predicted octanol–water partition coefficient (Wildman–Crippen LogP) is 2.54. The first-order valence-corrected chi connectivity index (χ1v) is 7.55. The number of rotatable bonds is 3. The zero-order chi connectivity index (χ0) is 17.6. The van der Waals surface area contributed by atoms with Crippen LogP contribution in [0.4, 0.5) is 28.4 Å². The summed E-state index contributed by atoms with van der Waals surface area (Å²) < 4.78 is 36.2. The summed E-state index contributed by atoms with van der Waals surface area (Å²) in [5, 5.41) is 7.33. The maximum atomic E-state index is 12.1. The van der Waals surface area contributed by atoms with Gasteiger partial charge in [0.05, 0.1) is 0 Å². The van der Waals surface area contributed by atoms with Crippen LogP contribution in [-0.4, -0.2) is 48.8 Å². The highest BCUT2D eigenvalue weighted by atomic mass is 19.4. The fourth-order valence-electron chi connectivity index (χ4n) is 2.39. The third-order valence-electron chi connectivity index (χ3n) is 3.59. The van der Waals surface area contributed by atoms with Crippen molar-refractivity contribution in [3.63, 3.8) is 0 Å². The monoisotopic (exact) mass is 344 g/mol. The van der Waals surface area contributed by atoms with E-state index in [-0.39, 0.29) is 12.1 Å². The molecule has 0 aromatic heterocycles. The van der Waals surface area contributed by atoms with E-state index >= 15 is 0 Å². The Hall–Kier alpha value is -2.45. The van der Waals surface area contributed by atoms with Gasteiger partial charge in [0.15, 0.2) is 0 Å². The van der Waals surface area contributed by atoms with Gasteiger partial charge >= 0.3 is 18.2 Å². The number of benzene rings is 1. The normalized spacial score (nSPS) is 15.7. The molecule has 1 saturated heterocycles. The van der Waals surface area contributed by atoms with Crippen LogP contribution in [0.3, 0.4) is 0 Å². The highest BCUT2D eigenvalue weighted by molar-refractivity contribution is 5.89. The maximum Gasteiger partial charge on any atom is 0.405 e. The fraction of sp³-hybridized carbons (Fsp3) is 0.467. The predicted molar refractivity (Wildman–Crippen MR) is 82.6 cm³/mol. The van der Waals surface area contributed by atoms with Crippen molar-refractivity contribution in [2.75, 3.05) is 25.0 Å². The molecule has 1 aliphatic rings. The van der Waals surface area contributed by atoms with Gasteiger partial charge in [0.2, 0.25) is 0 Å². The van der Waals surface area contributed by atoms with Crippen LogP contribution in [0, 0.1) is 0 Å². The van der Waals surface area contributed by atoms with E-state index in [1.54, 1.807) is 24.3 Å². The average Bonchev–Trinajstić information content (AvgIpc) is 2.53. The van der Waals surface area contributed by atoms with Crippen LogP contribution >= 0.6 is 0 Å². The highest BCUT2D eigenvalue weighted by Gasteiger charge is 2.30. The van der Waals surface area contributed by atoms with E-state index in [4.69, 9.17) is 0 Å². The number of likely N-dealkylation sites (tertiary alicyclic amines) is 1. The van der Waals surface area contributed by atoms with Crippen molar-refractivity contribution in [1.29, 1.82) is 0 Å². The molecule has 24 heavy (non-hydrogen) atoms. The zero-order valence-corrected chi connectivity index (χ0v) is 12.9. The van der Waals surface area contributed by atoms with Crippen LogP contribution < -0.4 is 16.0 Å². The molecule has 0 saturated carbocycles. The van der Waals surface area contributed by atoms with E-state index in [0.29, 0.717) is 31.6 Å². The molecule has 132 valence electrons. The minimum atomic E-state index is -4.43. The van der Waals surface area contributed by atoms with E-state index in [1.165, 1.54) is 4.90 Å². The number of hydrogen-bond acceptors (Lipinski definition) is 2. The third-order valence-corrected chi connectivity index (χ3v) is 3.59. The average molecular weight is 344 g/mol. The third kappa shape index (κ3) is 5.98. The van der Waals surface area contributed by atoms with Gasteiger partial charge in [0.1, 0.15) is 6.54 Å². The first-order valence-electron chi connectivity index (χ1n) is 7.55. The Balaban J connectivity index is 1.70. The van der Waals surface area contributed by atoms with Gasteiger partial charge in [-0.25, -0.2) is 9.59 Å². The minimum absolute atomic E-state index is 0.125. The summed E-state index contributed by atoms with van der Waals surface area (Å²) in [6, 6.07) is 7.74. The van der Waals surface area contributed by atoms with Gasteiger partial charge in [-0.05, 0) is 25.0 Å². The van der Waals surface area contributed by atoms with Gasteiger partial charge in [-0.15, -0.1) is 0 Å². The number of alkyl halides is 3. The lowest BCUT2D eigenvalue weighted by Crippen LogP contribution is -2.51. The number of halogens is 3. The summed E-state index contributed by atoms with van der Waals surface area (Å²) >= 11 is 0. The number of nitrogens with zero attached hydrogens (tertiary/aromatic N) is 1. The van der Waals surface area contributed by atoms with Crippen molar-refractivity contribution >= 4 is 17.7 Å². The lowest BCUT2D eigenvalue weighted by Gasteiger charge is -2.32. The van der Waals surface area contributed by atoms with Crippen LogP contribution in [0.1, 0.15) is 12.8 Å². The molecule has 0 aliphatic carbocycles. The van der Waals surface area contributed by atoms with Crippen molar-refractivity contribution in [2.24, 2.45) is 0 Å². The first kappa shape index (κ1) is 17.9. The van der Waals surface area contributed by atoms with Gasteiger partial charge in [0, 0.05) is 24.8 Å². The van der Waals surface area contributed by atoms with E-state index < -0.39 is 18.8 Å². The number of anilines is 1. The molecule has 0 atom stereocenters. The molecule has 1 heterocycles. The summed E-state index contributed by atoms with van der Waals surface area (Å²) in [6.45, 7) is -0.760. The number of carbonyl (C=O) groups excluding carboxylic acids is 2. The molecule has 1 aliphatic heterocycles. The first-order chi connectivity index (χ1) is 11.3. The maximum absolute atomic E-state index is 12.1. The Morgan fingerprint density at radius 2 is 1.75 bits per heavy atom. The highest BCUT2D eigenvalue weighted by Crippen LogP contribution is 2.14. The Bertz CT molecular complexity index is 558. The summed E-state index contributed by atoms with van der Waals surface area (Å²) in [7, 11) is 0. The summed E-state index contributed by atoms with van der Waals surface area (Å²) in [5.41, 5.74) is 0.666. The van der Waals surface area contributed by atoms with Crippen molar-refractivity contribution < 1.29 is 22.8 Å². The molecule has 3 N–H and O–H groups in total. The van der Waals surface area contributed by atoms with Gasteiger partial charge in [0.25, 0.3) is 0 Å². The number of para-hydroxylation sites is 1. The molecule has 1 aromatic carbocycles. The molecule has 1 fully saturated rings. The number of amides is 4. The lowest BCUT2D eigenvalue weighted by molar-refractivity contribution is -0.123. The van der Waals surface area contributed by atoms with Crippen LogP contribution in [-0.2, 0) is 0 Å². The van der Waals surface area contributed by atoms with Crippen molar-refractivity contribution in [2.45, 2.75) is 25.1 Å². The molecule has 1 aromatic rings. The van der Waals surface area contributed by atoms with E-state index in [2.05, 4.69) is 10.6 Å². The molecule has 0 radical (unpaired) electrons. The van der Waals surface area contributed by atoms with Crippen molar-refractivity contribution in [3.8, 4) is 0 Å². The minimum Gasteiger partial charge on any atom is -0.335 e. The number of piperidine rings is 1. The second-order valence-corrected chi connectivity index (χ2v) is 5.50. The lowest BCUT2D eigenvalue weighted by atomic mass is 10.1. The Labute approximate surface area is 137 Å². The molecule has 4 amide bonds. The fourth-order valence-corrected chi connectivity index (χ4v) is 2.39. The molecule has 9 heteroatoms. The molecule has 6 nitrogen and oxygen atoms in total. The standard InChI is InChI=1S/C15H19F3N4O2/c16-15(17,18)10-19-14(24)22-8-6-12(7-9-22)21-13(23)20-11-4-2-1-3-5-11/h1-5,12H,6-10H2,(H,19,24)(H2,20,21,23). The van der Waals surface area contributed by atoms with E-state index in [9.17, 15) is 22.8 Å². The van der Waals surface area contributed by atoms with Gasteiger partial charge < -0.3 is 20.9 Å². The number of carbonyl (C=O) groups is 2. The SMILES string of the molecule is O=C(Nc1ccccc1)NC1CCN(C(=O)NCC(F)(F)F)CC1. The Morgan fingerprint density at radius 3 is 2.33 bits per heavy atom. The van der Waals surface area contributed by atoms with E-state index in [0.717, 1.165) is 0 Å². The van der Waals surface area contributed by atoms with Crippen molar-refractivity contribution in [3.05, 3.63) is 30.3 Å². The Kier molecular flexibility index (Phi) is 5.88. The molecular weight excluding hydrogens is 325 g/mol. The van der Waals surface area contributed by atoms with Crippen LogP contribution in [0.2, 0.25) is 0 Å². The second kappa shape index (κ2) is 7.89. The molecular formula is C15H19F3N4O2. The second-order valence-electron chi connectivity index (χ2n) is 5.50. The molecule has 0 unspecified atom stereocenters. The zero-order valence-electron chi connectivity index (χ0n) is 12.9. The van der Waals surface area contributed by atoms with Gasteiger partial charge in [-0.1, -0.05) is 18.2 Å². The van der Waals surface area contributed by atoms with Crippen LogP contribution in [0.15, 0.2) is 30.3 Å². The van der Waals surface area contributed by atoms with E-state index in [1.807, 2.05) is 11.4 Å². The number of urea groups is 2. The Morgan fingerprint density at radius 1 is 1.12 bits per heavy atom. The summed E-state index contributed by atoms with van der Waals surface area (Å²) in [5.74, 6) is 0. The van der Waals surface area contributed by atoms with Crippen LogP contribution in [0.25, 0.3) is 0 Å². The van der Waals surface area contributed by atoms with Gasteiger partial charge in [-0.3, -0.25) is 0 Å².